The van der Waals surface area contributed by atoms with Crippen molar-refractivity contribution in [2.45, 2.75) is 82.3 Å². The number of carbonyl (C=O) groups is 1. The van der Waals surface area contributed by atoms with E-state index in [-0.39, 0.29) is 55.5 Å². The van der Waals surface area contributed by atoms with Gasteiger partial charge in [0.1, 0.15) is 24.2 Å². The number of nitro benzene ring substituents is 1. The molecule has 3 fully saturated rings. The van der Waals surface area contributed by atoms with Crippen LogP contribution in [0.1, 0.15) is 45.2 Å². The summed E-state index contributed by atoms with van der Waals surface area (Å²) in [4.78, 5) is 26.4. The van der Waals surface area contributed by atoms with E-state index in [1.54, 1.807) is 36.9 Å². The minimum Gasteiger partial charge on any atom is -0.489 e. The minimum atomic E-state index is -4.04. The molecule has 54 heavy (non-hydrogen) atoms. The van der Waals surface area contributed by atoms with Gasteiger partial charge in [0.15, 0.2) is 17.8 Å². The van der Waals surface area contributed by atoms with Gasteiger partial charge in [0, 0.05) is 31.3 Å². The molecule has 290 valence electrons. The third kappa shape index (κ3) is 7.98. The molecular weight excluding hydrogens is 722 g/mol. The van der Waals surface area contributed by atoms with Crippen molar-refractivity contribution in [2.24, 2.45) is 11.8 Å². The summed E-state index contributed by atoms with van der Waals surface area (Å²) < 4.78 is 70.9. The molecule has 4 aliphatic heterocycles. The SMILES string of the molecule is CC(C)CN(C[C@@H]1OC(C)(C)N(C(=O)OC2CO[C@@H]3OCC[C@H]23)[C@@H]1Cc1ccc(OCc2ccc([N+](=O)[O-])cc2)cc1)S(=O)(=O)c1ccc2c(c1)OCO2. The van der Waals surface area contributed by atoms with Crippen molar-refractivity contribution < 1.29 is 51.3 Å². The quantitative estimate of drug-likeness (QED) is 0.159. The van der Waals surface area contributed by atoms with Gasteiger partial charge < -0.3 is 33.2 Å². The number of nitro groups is 1. The second-order valence-electron chi connectivity index (χ2n) is 14.8. The Balaban J connectivity index is 1.14. The van der Waals surface area contributed by atoms with Crippen molar-refractivity contribution in [3.05, 3.63) is 88.0 Å². The number of hydrogen-bond donors (Lipinski definition) is 0. The zero-order valence-corrected chi connectivity index (χ0v) is 31.4. The number of rotatable bonds is 13. The van der Waals surface area contributed by atoms with E-state index >= 15 is 0 Å². The number of carbonyl (C=O) groups excluding carboxylic acids is 1. The zero-order valence-electron chi connectivity index (χ0n) is 30.6. The van der Waals surface area contributed by atoms with Crippen LogP contribution in [0.3, 0.4) is 0 Å². The number of fused-ring (bicyclic) bond motifs is 2. The van der Waals surface area contributed by atoms with Crippen LogP contribution in [0, 0.1) is 22.0 Å². The van der Waals surface area contributed by atoms with Gasteiger partial charge in [0.05, 0.1) is 41.1 Å². The second-order valence-corrected chi connectivity index (χ2v) is 16.7. The van der Waals surface area contributed by atoms with E-state index in [4.69, 9.17) is 33.2 Å². The van der Waals surface area contributed by atoms with Gasteiger partial charge >= 0.3 is 6.09 Å². The van der Waals surface area contributed by atoms with Gasteiger partial charge in [-0.05, 0) is 80.1 Å². The highest BCUT2D eigenvalue weighted by atomic mass is 32.2. The molecule has 0 spiro atoms. The summed E-state index contributed by atoms with van der Waals surface area (Å²) >= 11 is 0. The highest BCUT2D eigenvalue weighted by Gasteiger charge is 2.53. The summed E-state index contributed by atoms with van der Waals surface area (Å²) in [5.74, 6) is 1.33. The number of nitrogens with zero attached hydrogens (tertiary/aromatic N) is 3. The van der Waals surface area contributed by atoms with E-state index in [9.17, 15) is 23.3 Å². The first kappa shape index (κ1) is 37.8. The fourth-order valence-corrected chi connectivity index (χ4v) is 9.08. The zero-order chi connectivity index (χ0) is 38.2. The lowest BCUT2D eigenvalue weighted by atomic mass is 9.99. The third-order valence-electron chi connectivity index (χ3n) is 10.1. The molecular formula is C38H45N3O12S. The summed E-state index contributed by atoms with van der Waals surface area (Å²) in [6.07, 6.45) is -1.17. The minimum absolute atomic E-state index is 0.00424. The van der Waals surface area contributed by atoms with Crippen LogP contribution in [0.15, 0.2) is 71.6 Å². The van der Waals surface area contributed by atoms with E-state index in [0.29, 0.717) is 30.3 Å². The number of amides is 1. The number of ether oxygens (including phenoxy) is 7. The lowest BCUT2D eigenvalue weighted by Gasteiger charge is -2.34. The summed E-state index contributed by atoms with van der Waals surface area (Å²) in [5.41, 5.74) is 0.479. The van der Waals surface area contributed by atoms with Crippen LogP contribution in [-0.2, 0) is 42.0 Å². The lowest BCUT2D eigenvalue weighted by molar-refractivity contribution is -0.384. The third-order valence-corrected chi connectivity index (χ3v) is 11.9. The van der Waals surface area contributed by atoms with Crippen molar-refractivity contribution >= 4 is 21.8 Å². The van der Waals surface area contributed by atoms with Crippen molar-refractivity contribution in [1.29, 1.82) is 0 Å². The van der Waals surface area contributed by atoms with E-state index in [2.05, 4.69) is 0 Å². The molecule has 0 bridgehead atoms. The average molecular weight is 768 g/mol. The van der Waals surface area contributed by atoms with Crippen LogP contribution in [0.5, 0.6) is 17.2 Å². The molecule has 16 heteroatoms. The predicted molar refractivity (Wildman–Crippen MR) is 192 cm³/mol. The first-order valence-corrected chi connectivity index (χ1v) is 19.5. The molecule has 15 nitrogen and oxygen atoms in total. The Hall–Kier alpha value is -4.48. The Labute approximate surface area is 314 Å². The van der Waals surface area contributed by atoms with Crippen molar-refractivity contribution in [3.63, 3.8) is 0 Å². The van der Waals surface area contributed by atoms with Crippen LogP contribution < -0.4 is 14.2 Å². The lowest BCUT2D eigenvalue weighted by Crippen LogP contribution is -2.51. The number of sulfonamides is 1. The first-order chi connectivity index (χ1) is 25.8. The second kappa shape index (κ2) is 15.3. The molecule has 1 amide bonds. The Bertz CT molecular complexity index is 1940. The highest BCUT2D eigenvalue weighted by molar-refractivity contribution is 7.89. The summed E-state index contributed by atoms with van der Waals surface area (Å²) in [5, 5.41) is 11.0. The number of non-ortho nitro benzene ring substituents is 1. The topological polar surface area (TPSA) is 165 Å². The molecule has 3 aromatic carbocycles. The maximum absolute atomic E-state index is 14.3. The summed E-state index contributed by atoms with van der Waals surface area (Å²) in [6.45, 7) is 8.60. The monoisotopic (exact) mass is 767 g/mol. The average Bonchev–Trinajstić information content (AvgIpc) is 3.92. The van der Waals surface area contributed by atoms with Gasteiger partial charge in [-0.1, -0.05) is 26.0 Å². The van der Waals surface area contributed by atoms with E-state index < -0.39 is 51.3 Å². The molecule has 4 heterocycles. The molecule has 0 aromatic heterocycles. The highest BCUT2D eigenvalue weighted by Crippen LogP contribution is 2.40. The molecule has 1 unspecified atom stereocenters. The standard InChI is InChI=1S/C38H45N3O12S/c1-24(2)19-39(54(45,46)29-13-14-32-33(18-29)51-23-50-32)20-34-31(40(38(3,4)53-34)37(42)52-35-22-49-36-30(35)15-16-47-36)17-25-7-11-28(12-8-25)48-21-26-5-9-27(10-6-26)41(43)44/h5-14,18,24,30-31,34-36H,15-17,19-23H2,1-4H3/t30-,31-,34+,35?,36+/m1/s1. The van der Waals surface area contributed by atoms with Crippen LogP contribution in [0.25, 0.3) is 0 Å². The molecule has 0 aliphatic carbocycles. The van der Waals surface area contributed by atoms with Gasteiger partial charge in [-0.15, -0.1) is 0 Å². The summed E-state index contributed by atoms with van der Waals surface area (Å²) in [7, 11) is -4.04. The van der Waals surface area contributed by atoms with Crippen molar-refractivity contribution in [1.82, 2.24) is 9.21 Å². The van der Waals surface area contributed by atoms with Gasteiger partial charge in [-0.25, -0.2) is 13.2 Å². The van der Waals surface area contributed by atoms with Crippen molar-refractivity contribution in [3.8, 4) is 17.2 Å². The molecule has 4 aliphatic rings. The fourth-order valence-electron chi connectivity index (χ4n) is 7.45. The molecule has 0 N–H and O–H groups in total. The molecule has 5 atom stereocenters. The maximum atomic E-state index is 14.3. The van der Waals surface area contributed by atoms with Crippen LogP contribution >= 0.6 is 0 Å². The Morgan fingerprint density at radius 3 is 2.46 bits per heavy atom. The Kier molecular flexibility index (Phi) is 10.7. The largest absolute Gasteiger partial charge is 0.489 e. The van der Waals surface area contributed by atoms with E-state index in [1.807, 2.05) is 38.1 Å². The number of benzene rings is 3. The van der Waals surface area contributed by atoms with Gasteiger partial charge in [-0.3, -0.25) is 15.0 Å². The fraction of sp³-hybridized carbons (Fsp3) is 0.500. The molecule has 0 saturated carbocycles. The van der Waals surface area contributed by atoms with Crippen LogP contribution in [-0.4, -0.2) is 92.0 Å². The van der Waals surface area contributed by atoms with E-state index in [0.717, 1.165) is 17.5 Å². The first-order valence-electron chi connectivity index (χ1n) is 18.0. The van der Waals surface area contributed by atoms with Gasteiger partial charge in [0.25, 0.3) is 5.69 Å². The predicted octanol–water partition coefficient (Wildman–Crippen LogP) is 5.50. The van der Waals surface area contributed by atoms with Crippen LogP contribution in [0.2, 0.25) is 0 Å². The van der Waals surface area contributed by atoms with Crippen LogP contribution in [0.4, 0.5) is 10.5 Å². The summed E-state index contributed by atoms with van der Waals surface area (Å²) in [6, 6.07) is 17.5. The van der Waals surface area contributed by atoms with Gasteiger partial charge in [0.2, 0.25) is 16.8 Å². The molecule has 7 rings (SSSR count). The Morgan fingerprint density at radius 1 is 1.02 bits per heavy atom. The maximum Gasteiger partial charge on any atom is 0.412 e. The number of hydrogen-bond acceptors (Lipinski definition) is 12. The molecule has 0 radical (unpaired) electrons. The van der Waals surface area contributed by atoms with E-state index in [1.165, 1.54) is 28.6 Å². The van der Waals surface area contributed by atoms with Crippen molar-refractivity contribution in [2.75, 3.05) is 33.1 Å². The van der Waals surface area contributed by atoms with Gasteiger partial charge in [-0.2, -0.15) is 4.31 Å². The molecule has 3 saturated heterocycles. The smallest absolute Gasteiger partial charge is 0.412 e. The molecule has 3 aromatic rings. The Morgan fingerprint density at radius 2 is 1.74 bits per heavy atom. The normalized spacial score (nSPS) is 24.3.